The van der Waals surface area contributed by atoms with Gasteiger partial charge in [-0.2, -0.15) is 0 Å². The van der Waals surface area contributed by atoms with Crippen LogP contribution >= 0.6 is 0 Å². The summed E-state index contributed by atoms with van der Waals surface area (Å²) in [5.41, 5.74) is 0.749. The Bertz CT molecular complexity index is 845. The van der Waals surface area contributed by atoms with Crippen LogP contribution in [0.2, 0.25) is 0 Å². The quantitative estimate of drug-likeness (QED) is 0.837. The SMILES string of the molecule is O=C(O)CN1CCC(NS(=O)(=O)c2cnc3ccccc3c2)CC1. The standard InChI is InChI=1S/C16H19N3O4S/c20-16(21)11-19-7-5-13(6-8-19)18-24(22,23)14-9-12-3-1-2-4-15(12)17-10-14/h1-4,9-10,13,18H,5-8,11H2,(H,20,21). The fourth-order valence-corrected chi connectivity index (χ4v) is 4.17. The fraction of sp³-hybridized carbons (Fsp3) is 0.375. The van der Waals surface area contributed by atoms with Gasteiger partial charge in [-0.05, 0) is 25.0 Å². The Labute approximate surface area is 140 Å². The number of sulfonamides is 1. The van der Waals surface area contributed by atoms with Gasteiger partial charge in [-0.15, -0.1) is 0 Å². The van der Waals surface area contributed by atoms with Gasteiger partial charge in [0.05, 0.1) is 12.1 Å². The highest BCUT2D eigenvalue weighted by atomic mass is 32.2. The van der Waals surface area contributed by atoms with E-state index in [-0.39, 0.29) is 17.5 Å². The molecule has 1 aliphatic rings. The van der Waals surface area contributed by atoms with Crippen LogP contribution in [0.3, 0.4) is 0 Å². The third-order valence-corrected chi connectivity index (χ3v) is 5.63. The van der Waals surface area contributed by atoms with Gasteiger partial charge >= 0.3 is 5.97 Å². The van der Waals surface area contributed by atoms with E-state index in [0.29, 0.717) is 25.9 Å². The number of hydrogen-bond donors (Lipinski definition) is 2. The van der Waals surface area contributed by atoms with Crippen LogP contribution in [-0.4, -0.2) is 55.1 Å². The summed E-state index contributed by atoms with van der Waals surface area (Å²) >= 11 is 0. The van der Waals surface area contributed by atoms with Crippen molar-refractivity contribution in [1.82, 2.24) is 14.6 Å². The molecule has 1 fully saturated rings. The maximum Gasteiger partial charge on any atom is 0.317 e. The predicted molar refractivity (Wildman–Crippen MR) is 89.2 cm³/mol. The molecule has 2 N–H and O–H groups in total. The first-order valence-electron chi connectivity index (χ1n) is 7.75. The molecule has 24 heavy (non-hydrogen) atoms. The second kappa shape index (κ2) is 6.84. The molecule has 0 bridgehead atoms. The molecule has 128 valence electrons. The minimum atomic E-state index is -3.64. The molecule has 1 saturated heterocycles. The van der Waals surface area contributed by atoms with Crippen molar-refractivity contribution in [3.63, 3.8) is 0 Å². The number of piperidine rings is 1. The van der Waals surface area contributed by atoms with E-state index in [0.717, 1.165) is 10.9 Å². The summed E-state index contributed by atoms with van der Waals surface area (Å²) in [7, 11) is -3.64. The minimum Gasteiger partial charge on any atom is -0.480 e. The lowest BCUT2D eigenvalue weighted by Crippen LogP contribution is -2.45. The lowest BCUT2D eigenvalue weighted by Gasteiger charge is -2.30. The van der Waals surface area contributed by atoms with Gasteiger partial charge in [-0.1, -0.05) is 18.2 Å². The highest BCUT2D eigenvalue weighted by Gasteiger charge is 2.25. The third kappa shape index (κ3) is 3.89. The van der Waals surface area contributed by atoms with Gasteiger partial charge in [0.15, 0.2) is 0 Å². The fourth-order valence-electron chi connectivity index (χ4n) is 2.89. The molecule has 8 heteroatoms. The average Bonchev–Trinajstić information content (AvgIpc) is 2.55. The zero-order valence-corrected chi connectivity index (χ0v) is 13.9. The van der Waals surface area contributed by atoms with Gasteiger partial charge in [0.1, 0.15) is 4.90 Å². The third-order valence-electron chi connectivity index (χ3n) is 4.14. The van der Waals surface area contributed by atoms with Crippen LogP contribution in [0.25, 0.3) is 10.9 Å². The van der Waals surface area contributed by atoms with Crippen LogP contribution in [0.15, 0.2) is 41.4 Å². The van der Waals surface area contributed by atoms with E-state index < -0.39 is 16.0 Å². The van der Waals surface area contributed by atoms with E-state index in [9.17, 15) is 13.2 Å². The molecule has 0 atom stereocenters. The maximum atomic E-state index is 12.5. The Hall–Kier alpha value is -2.03. The molecule has 1 aliphatic heterocycles. The van der Waals surface area contributed by atoms with Gasteiger partial charge < -0.3 is 5.11 Å². The van der Waals surface area contributed by atoms with E-state index in [2.05, 4.69) is 9.71 Å². The monoisotopic (exact) mass is 349 g/mol. The number of aromatic nitrogens is 1. The van der Waals surface area contributed by atoms with Crippen LogP contribution in [0.4, 0.5) is 0 Å². The molecular weight excluding hydrogens is 330 g/mol. The predicted octanol–water partition coefficient (Wildman–Crippen LogP) is 1.06. The number of carboxylic acid groups (broad SMARTS) is 1. The number of benzene rings is 1. The molecule has 1 aromatic carbocycles. The molecule has 0 saturated carbocycles. The van der Waals surface area contributed by atoms with Crippen molar-refractivity contribution < 1.29 is 18.3 Å². The second-order valence-corrected chi connectivity index (χ2v) is 7.64. The number of hydrogen-bond acceptors (Lipinski definition) is 5. The van der Waals surface area contributed by atoms with E-state index in [4.69, 9.17) is 5.11 Å². The molecule has 0 unspecified atom stereocenters. The lowest BCUT2D eigenvalue weighted by molar-refractivity contribution is -0.138. The Morgan fingerprint density at radius 2 is 2.00 bits per heavy atom. The summed E-state index contributed by atoms with van der Waals surface area (Å²) in [4.78, 5) is 16.9. The van der Waals surface area contributed by atoms with Crippen LogP contribution < -0.4 is 4.72 Å². The second-order valence-electron chi connectivity index (χ2n) is 5.93. The first kappa shape index (κ1) is 16.8. The van der Waals surface area contributed by atoms with Crippen LogP contribution in [0, 0.1) is 0 Å². The number of para-hydroxylation sites is 1. The molecule has 0 spiro atoms. The summed E-state index contributed by atoms with van der Waals surface area (Å²) in [6, 6.07) is 8.78. The summed E-state index contributed by atoms with van der Waals surface area (Å²) in [6.07, 6.45) is 2.55. The van der Waals surface area contributed by atoms with E-state index in [1.165, 1.54) is 6.20 Å². The summed E-state index contributed by atoms with van der Waals surface area (Å²) in [5.74, 6) is -0.865. The Kier molecular flexibility index (Phi) is 4.79. The van der Waals surface area contributed by atoms with E-state index >= 15 is 0 Å². The van der Waals surface area contributed by atoms with Crippen LogP contribution in [-0.2, 0) is 14.8 Å². The molecule has 0 aliphatic carbocycles. The van der Waals surface area contributed by atoms with E-state index in [1.54, 1.807) is 6.07 Å². The molecule has 2 aromatic rings. The minimum absolute atomic E-state index is 0.00589. The first-order valence-corrected chi connectivity index (χ1v) is 9.24. The number of aliphatic carboxylic acids is 1. The zero-order chi connectivity index (χ0) is 17.2. The molecule has 0 radical (unpaired) electrons. The number of nitrogens with zero attached hydrogens (tertiary/aromatic N) is 2. The summed E-state index contributed by atoms with van der Waals surface area (Å²) in [6.45, 7) is 1.12. The summed E-state index contributed by atoms with van der Waals surface area (Å²) < 4.78 is 27.8. The van der Waals surface area contributed by atoms with Gasteiger partial charge in [0.2, 0.25) is 10.0 Å². The van der Waals surface area contributed by atoms with Crippen LogP contribution in [0.1, 0.15) is 12.8 Å². The zero-order valence-electron chi connectivity index (χ0n) is 13.1. The largest absolute Gasteiger partial charge is 0.480 e. The Morgan fingerprint density at radius 3 is 2.71 bits per heavy atom. The number of nitrogens with one attached hydrogen (secondary N) is 1. The molecule has 3 rings (SSSR count). The molecule has 7 nitrogen and oxygen atoms in total. The molecular formula is C16H19N3O4S. The van der Waals surface area contributed by atoms with Crippen molar-refractivity contribution in [1.29, 1.82) is 0 Å². The molecule has 0 amide bonds. The van der Waals surface area contributed by atoms with E-state index in [1.807, 2.05) is 29.2 Å². The molecule has 2 heterocycles. The number of rotatable bonds is 5. The normalized spacial score (nSPS) is 17.2. The van der Waals surface area contributed by atoms with Crippen molar-refractivity contribution >= 4 is 26.9 Å². The number of carbonyl (C=O) groups is 1. The van der Waals surface area contributed by atoms with Gasteiger partial charge in [-0.3, -0.25) is 14.7 Å². The van der Waals surface area contributed by atoms with Gasteiger partial charge in [-0.25, -0.2) is 13.1 Å². The number of likely N-dealkylation sites (tertiary alicyclic amines) is 1. The summed E-state index contributed by atoms with van der Waals surface area (Å²) in [5, 5.41) is 9.57. The van der Waals surface area contributed by atoms with Gasteiger partial charge in [0.25, 0.3) is 0 Å². The highest BCUT2D eigenvalue weighted by molar-refractivity contribution is 7.89. The molecule has 1 aromatic heterocycles. The van der Waals surface area contributed by atoms with Crippen molar-refractivity contribution in [3.8, 4) is 0 Å². The number of pyridine rings is 1. The van der Waals surface area contributed by atoms with Crippen molar-refractivity contribution in [2.75, 3.05) is 19.6 Å². The van der Waals surface area contributed by atoms with Crippen molar-refractivity contribution in [3.05, 3.63) is 36.5 Å². The van der Waals surface area contributed by atoms with Crippen molar-refractivity contribution in [2.24, 2.45) is 0 Å². The highest BCUT2D eigenvalue weighted by Crippen LogP contribution is 2.18. The number of fused-ring (bicyclic) bond motifs is 1. The number of carboxylic acids is 1. The van der Waals surface area contributed by atoms with Crippen LogP contribution in [0.5, 0.6) is 0 Å². The van der Waals surface area contributed by atoms with Crippen molar-refractivity contribution in [2.45, 2.75) is 23.8 Å². The Morgan fingerprint density at radius 1 is 1.29 bits per heavy atom. The topological polar surface area (TPSA) is 99.6 Å². The lowest BCUT2D eigenvalue weighted by atomic mass is 10.1. The average molecular weight is 349 g/mol. The Balaban J connectivity index is 1.68. The maximum absolute atomic E-state index is 12.5. The van der Waals surface area contributed by atoms with Gasteiger partial charge in [0, 0.05) is 30.7 Å². The first-order chi connectivity index (χ1) is 11.4. The smallest absolute Gasteiger partial charge is 0.317 e.